The summed E-state index contributed by atoms with van der Waals surface area (Å²) < 4.78 is 0. The minimum absolute atomic E-state index is 0.116. The highest BCUT2D eigenvalue weighted by Crippen LogP contribution is 2.46. The number of hydrogen-bond acceptors (Lipinski definition) is 4. The average Bonchev–Trinajstić information content (AvgIpc) is 3.33. The van der Waals surface area contributed by atoms with Crippen molar-refractivity contribution in [3.05, 3.63) is 53.7 Å². The second kappa shape index (κ2) is 8.75. The molecule has 4 fully saturated rings. The lowest BCUT2D eigenvalue weighted by Crippen LogP contribution is -2.58. The predicted molar refractivity (Wildman–Crippen MR) is 138 cm³/mol. The summed E-state index contributed by atoms with van der Waals surface area (Å²) in [5.41, 5.74) is 4.38. The molecule has 0 atom stereocenters. The number of piperidine rings is 1. The molecule has 184 valence electrons. The number of fused-ring (bicyclic) bond motifs is 4. The first kappa shape index (κ1) is 22.7. The number of aliphatic hydroxyl groups is 1. The first-order valence-electron chi connectivity index (χ1n) is 13.3. The molecule has 3 aromatic rings. The van der Waals surface area contributed by atoms with Crippen molar-refractivity contribution >= 4 is 16.8 Å². The Kier molecular flexibility index (Phi) is 5.69. The van der Waals surface area contributed by atoms with Crippen LogP contribution in [0.25, 0.3) is 22.0 Å². The van der Waals surface area contributed by atoms with E-state index in [0.29, 0.717) is 11.6 Å². The topological polar surface area (TPSA) is 81.2 Å². The van der Waals surface area contributed by atoms with Crippen LogP contribution >= 0.6 is 0 Å². The zero-order valence-electron chi connectivity index (χ0n) is 20.6. The molecule has 7 rings (SSSR count). The molecule has 4 aliphatic rings. The van der Waals surface area contributed by atoms with Gasteiger partial charge in [-0.05, 0) is 106 Å². The normalized spacial score (nSPS) is 27.4. The summed E-state index contributed by atoms with van der Waals surface area (Å²) in [7, 11) is 0. The van der Waals surface area contributed by atoms with Crippen molar-refractivity contribution in [2.24, 2.45) is 0 Å². The number of carbonyl (C=O) groups is 1. The molecule has 1 amide bonds. The third-order valence-corrected chi connectivity index (χ3v) is 9.11. The van der Waals surface area contributed by atoms with Crippen molar-refractivity contribution < 1.29 is 9.90 Å². The van der Waals surface area contributed by atoms with Gasteiger partial charge in [0.1, 0.15) is 0 Å². The van der Waals surface area contributed by atoms with E-state index in [1.807, 2.05) is 6.07 Å². The third-order valence-electron chi connectivity index (χ3n) is 9.11. The fraction of sp³-hybridized carbons (Fsp3) is 0.517. The van der Waals surface area contributed by atoms with Crippen LogP contribution in [-0.2, 0) is 0 Å². The van der Waals surface area contributed by atoms with E-state index >= 15 is 0 Å². The Morgan fingerprint density at radius 3 is 2.34 bits per heavy atom. The maximum atomic E-state index is 13.2. The number of H-pyrrole nitrogens is 1. The summed E-state index contributed by atoms with van der Waals surface area (Å²) in [6.45, 7) is 5.78. The summed E-state index contributed by atoms with van der Waals surface area (Å²) in [4.78, 5) is 15.7. The molecule has 1 aliphatic heterocycles. The lowest BCUT2D eigenvalue weighted by atomic mass is 9.63. The molecular weight excluding hydrogens is 436 g/mol. The largest absolute Gasteiger partial charge is 0.390 e. The SMILES string of the molecule is CCN1CCC(c2ccc(-c3ccc4c(C(=O)NC56CCC(O)(CC5)CC6)n[nH]c4c3)cc2)CC1. The van der Waals surface area contributed by atoms with Crippen LogP contribution in [0.2, 0.25) is 0 Å². The Morgan fingerprint density at radius 2 is 1.69 bits per heavy atom. The molecule has 2 aromatic carbocycles. The van der Waals surface area contributed by atoms with Gasteiger partial charge in [-0.3, -0.25) is 9.89 Å². The van der Waals surface area contributed by atoms with Crippen LogP contribution in [0, 0.1) is 0 Å². The van der Waals surface area contributed by atoms with E-state index in [-0.39, 0.29) is 11.4 Å². The fourth-order valence-electron chi connectivity index (χ4n) is 6.56. The molecule has 0 radical (unpaired) electrons. The third kappa shape index (κ3) is 4.27. The average molecular weight is 473 g/mol. The van der Waals surface area contributed by atoms with Crippen LogP contribution in [0.3, 0.4) is 0 Å². The van der Waals surface area contributed by atoms with Gasteiger partial charge in [0, 0.05) is 10.9 Å². The van der Waals surface area contributed by atoms with Crippen molar-refractivity contribution in [1.82, 2.24) is 20.4 Å². The van der Waals surface area contributed by atoms with E-state index in [1.165, 1.54) is 37.1 Å². The monoisotopic (exact) mass is 472 g/mol. The highest BCUT2D eigenvalue weighted by atomic mass is 16.3. The molecule has 0 spiro atoms. The first-order valence-corrected chi connectivity index (χ1v) is 13.3. The molecular formula is C29H36N4O2. The summed E-state index contributed by atoms with van der Waals surface area (Å²) in [5.74, 6) is 0.541. The van der Waals surface area contributed by atoms with E-state index in [0.717, 1.165) is 61.5 Å². The Morgan fingerprint density at radius 1 is 1.03 bits per heavy atom. The number of likely N-dealkylation sites (tertiary alicyclic amines) is 1. The van der Waals surface area contributed by atoms with Crippen molar-refractivity contribution in [1.29, 1.82) is 0 Å². The van der Waals surface area contributed by atoms with Gasteiger partial charge in [-0.2, -0.15) is 5.10 Å². The van der Waals surface area contributed by atoms with Crippen LogP contribution in [-0.4, -0.2) is 56.9 Å². The number of benzene rings is 2. The summed E-state index contributed by atoms with van der Waals surface area (Å²) >= 11 is 0. The van der Waals surface area contributed by atoms with Gasteiger partial charge < -0.3 is 15.3 Å². The van der Waals surface area contributed by atoms with Crippen molar-refractivity contribution in [3.8, 4) is 11.1 Å². The van der Waals surface area contributed by atoms with Crippen LogP contribution in [0.5, 0.6) is 0 Å². The number of carbonyl (C=O) groups excluding carboxylic acids is 1. The summed E-state index contributed by atoms with van der Waals surface area (Å²) in [6, 6.07) is 15.2. The van der Waals surface area contributed by atoms with E-state index in [1.54, 1.807) is 0 Å². The van der Waals surface area contributed by atoms with Gasteiger partial charge in [0.25, 0.3) is 5.91 Å². The first-order chi connectivity index (χ1) is 17.0. The second-order valence-electron chi connectivity index (χ2n) is 11.1. The van der Waals surface area contributed by atoms with Crippen LogP contribution in [0.1, 0.15) is 80.3 Å². The van der Waals surface area contributed by atoms with Gasteiger partial charge in [0.2, 0.25) is 0 Å². The molecule has 2 heterocycles. The second-order valence-corrected chi connectivity index (χ2v) is 11.1. The number of amides is 1. The van der Waals surface area contributed by atoms with E-state index in [4.69, 9.17) is 0 Å². The standard InChI is InChI=1S/C29H36N4O2/c1-2-33-17-9-22(10-18-33)20-3-5-21(6-4-20)23-7-8-24-25(19-23)31-32-26(24)27(34)30-28-11-14-29(35,15-12-28)16-13-28/h3-8,19,22,35H,2,9-18H2,1H3,(H,30,34)(H,31,32). The van der Waals surface area contributed by atoms with Crippen molar-refractivity contribution in [3.63, 3.8) is 0 Å². The molecule has 6 heteroatoms. The zero-order chi connectivity index (χ0) is 24.0. The number of rotatable bonds is 5. The minimum atomic E-state index is -0.507. The van der Waals surface area contributed by atoms with Crippen molar-refractivity contribution in [2.75, 3.05) is 19.6 Å². The van der Waals surface area contributed by atoms with Gasteiger partial charge in [-0.25, -0.2) is 0 Å². The van der Waals surface area contributed by atoms with E-state index in [9.17, 15) is 9.90 Å². The number of aromatic amines is 1. The molecule has 2 bridgehead atoms. The van der Waals surface area contributed by atoms with Crippen LogP contribution < -0.4 is 5.32 Å². The molecule has 3 N–H and O–H groups in total. The lowest BCUT2D eigenvalue weighted by molar-refractivity contribution is -0.0702. The Hall–Kier alpha value is -2.70. The molecule has 1 aromatic heterocycles. The van der Waals surface area contributed by atoms with Gasteiger partial charge in [0.05, 0.1) is 11.1 Å². The van der Waals surface area contributed by atoms with Gasteiger partial charge in [0.15, 0.2) is 5.69 Å². The fourth-order valence-corrected chi connectivity index (χ4v) is 6.56. The highest BCUT2D eigenvalue weighted by Gasteiger charge is 2.48. The number of nitrogens with one attached hydrogen (secondary N) is 2. The number of nitrogens with zero attached hydrogens (tertiary/aromatic N) is 2. The maximum absolute atomic E-state index is 13.2. The van der Waals surface area contributed by atoms with Crippen molar-refractivity contribution in [2.45, 2.75) is 75.3 Å². The summed E-state index contributed by atoms with van der Waals surface area (Å²) in [5, 5.41) is 22.1. The highest BCUT2D eigenvalue weighted by molar-refractivity contribution is 6.05. The van der Waals surface area contributed by atoms with E-state index < -0.39 is 5.60 Å². The maximum Gasteiger partial charge on any atom is 0.272 e. The molecule has 6 nitrogen and oxygen atoms in total. The van der Waals surface area contributed by atoms with Gasteiger partial charge >= 0.3 is 0 Å². The predicted octanol–water partition coefficient (Wildman–Crippen LogP) is 5.00. The van der Waals surface area contributed by atoms with E-state index in [2.05, 4.69) is 63.7 Å². The molecule has 0 unspecified atom stereocenters. The van der Waals surface area contributed by atoms with Gasteiger partial charge in [-0.1, -0.05) is 37.3 Å². The minimum Gasteiger partial charge on any atom is -0.390 e. The zero-order valence-corrected chi connectivity index (χ0v) is 20.6. The Labute approximate surface area is 207 Å². The van der Waals surface area contributed by atoms with Gasteiger partial charge in [-0.15, -0.1) is 0 Å². The molecule has 3 saturated carbocycles. The summed E-state index contributed by atoms with van der Waals surface area (Å²) in [6.07, 6.45) is 7.32. The van der Waals surface area contributed by atoms with Crippen LogP contribution in [0.4, 0.5) is 0 Å². The molecule has 35 heavy (non-hydrogen) atoms. The quantitative estimate of drug-likeness (QED) is 0.488. The Balaban J connectivity index is 1.17. The smallest absolute Gasteiger partial charge is 0.272 e. The lowest BCUT2D eigenvalue weighted by Gasteiger charge is -2.51. The molecule has 3 aliphatic carbocycles. The number of hydrogen-bond donors (Lipinski definition) is 3. The Bertz CT molecular complexity index is 1200. The van der Waals surface area contributed by atoms with Crippen LogP contribution in [0.15, 0.2) is 42.5 Å². The molecule has 1 saturated heterocycles. The number of aromatic nitrogens is 2.